The Labute approximate surface area is 137 Å². The molecule has 0 amide bonds. The van der Waals surface area contributed by atoms with Crippen molar-refractivity contribution in [1.29, 1.82) is 0 Å². The molecule has 21 heavy (non-hydrogen) atoms. The van der Waals surface area contributed by atoms with E-state index >= 15 is 0 Å². The van der Waals surface area contributed by atoms with E-state index in [4.69, 9.17) is 17.3 Å². The Morgan fingerprint density at radius 1 is 1.19 bits per heavy atom. The summed E-state index contributed by atoms with van der Waals surface area (Å²) in [6.07, 6.45) is 0. The molecule has 0 atom stereocenters. The lowest BCUT2D eigenvalue weighted by Crippen LogP contribution is -2.15. The topological polar surface area (TPSA) is 72.2 Å². The number of hydrogen-bond donors (Lipinski definition) is 2. The fourth-order valence-electron chi connectivity index (χ4n) is 1.90. The largest absolute Gasteiger partial charge is 0.399 e. The smallest absolute Gasteiger partial charge is 0.262 e. The Balaban J connectivity index is 2.45. The van der Waals surface area contributed by atoms with Crippen LogP contribution in [-0.2, 0) is 10.0 Å². The summed E-state index contributed by atoms with van der Waals surface area (Å²) in [6.45, 7) is 3.57. The van der Waals surface area contributed by atoms with Gasteiger partial charge in [0, 0.05) is 10.2 Å². The number of sulfonamides is 1. The maximum absolute atomic E-state index is 12.5. The van der Waals surface area contributed by atoms with Crippen LogP contribution in [0.25, 0.3) is 0 Å². The molecular weight excluding hydrogens is 376 g/mol. The third-order valence-corrected chi connectivity index (χ3v) is 5.84. The zero-order valence-electron chi connectivity index (χ0n) is 11.4. The van der Waals surface area contributed by atoms with Crippen molar-refractivity contribution in [3.05, 3.63) is 51.0 Å². The summed E-state index contributed by atoms with van der Waals surface area (Å²) in [5.74, 6) is 0. The highest BCUT2D eigenvalue weighted by Crippen LogP contribution is 2.28. The van der Waals surface area contributed by atoms with Crippen LogP contribution < -0.4 is 10.5 Å². The number of nitrogen functional groups attached to an aromatic ring is 1. The number of nitrogens with two attached hydrogens (primary N) is 1. The molecule has 4 nitrogen and oxygen atoms in total. The molecular formula is C14H14BrClN2O2S. The highest BCUT2D eigenvalue weighted by molar-refractivity contribution is 9.10. The van der Waals surface area contributed by atoms with Gasteiger partial charge in [0.2, 0.25) is 0 Å². The third kappa shape index (κ3) is 3.51. The maximum atomic E-state index is 12.5. The predicted octanol–water partition coefficient (Wildman–Crippen LogP) is 4.10. The molecule has 0 fully saturated rings. The van der Waals surface area contributed by atoms with Gasteiger partial charge in [0.15, 0.2) is 0 Å². The number of halogens is 2. The molecule has 3 N–H and O–H groups in total. The molecule has 0 radical (unpaired) electrons. The number of anilines is 2. The van der Waals surface area contributed by atoms with Crippen molar-refractivity contribution < 1.29 is 8.42 Å². The predicted molar refractivity (Wildman–Crippen MR) is 90.3 cm³/mol. The Morgan fingerprint density at radius 2 is 1.86 bits per heavy atom. The fraction of sp³-hybridized carbons (Fsp3) is 0.143. The number of nitrogens with one attached hydrogen (secondary N) is 1. The van der Waals surface area contributed by atoms with Gasteiger partial charge in [-0.15, -0.1) is 0 Å². The normalized spacial score (nSPS) is 11.4. The van der Waals surface area contributed by atoms with Gasteiger partial charge in [-0.1, -0.05) is 11.6 Å². The van der Waals surface area contributed by atoms with Gasteiger partial charge >= 0.3 is 0 Å². The average Bonchev–Trinajstić information content (AvgIpc) is 2.37. The maximum Gasteiger partial charge on any atom is 0.262 e. The van der Waals surface area contributed by atoms with E-state index in [1.54, 1.807) is 25.1 Å². The average molecular weight is 390 g/mol. The lowest BCUT2D eigenvalue weighted by Gasteiger charge is -2.13. The minimum Gasteiger partial charge on any atom is -0.399 e. The highest BCUT2D eigenvalue weighted by Gasteiger charge is 2.19. The summed E-state index contributed by atoms with van der Waals surface area (Å²) in [6, 6.07) is 8.04. The van der Waals surface area contributed by atoms with E-state index in [0.29, 0.717) is 26.4 Å². The van der Waals surface area contributed by atoms with Gasteiger partial charge in [-0.3, -0.25) is 4.72 Å². The molecule has 7 heteroatoms. The first-order chi connectivity index (χ1) is 9.70. The number of aryl methyl sites for hydroxylation is 1. The van der Waals surface area contributed by atoms with E-state index in [1.165, 1.54) is 12.1 Å². The molecule has 0 unspecified atom stereocenters. The first kappa shape index (κ1) is 16.1. The molecule has 0 saturated carbocycles. The van der Waals surface area contributed by atoms with Crippen molar-refractivity contribution >= 4 is 48.9 Å². The van der Waals surface area contributed by atoms with E-state index in [-0.39, 0.29) is 4.90 Å². The van der Waals surface area contributed by atoms with Gasteiger partial charge in [-0.25, -0.2) is 8.42 Å². The van der Waals surface area contributed by atoms with Crippen LogP contribution in [0.2, 0.25) is 5.02 Å². The lowest BCUT2D eigenvalue weighted by molar-refractivity contribution is 0.600. The standard InChI is InChI=1S/C14H14BrClN2O2S/c1-8-5-10(17)6-14(9(8)2)21(19,20)18-11-3-4-12(15)13(16)7-11/h3-7,18H,17H2,1-2H3. The van der Waals surface area contributed by atoms with Crippen molar-refractivity contribution in [1.82, 2.24) is 0 Å². The molecule has 0 aromatic heterocycles. The second-order valence-corrected chi connectivity index (χ2v) is 7.61. The van der Waals surface area contributed by atoms with Crippen LogP contribution in [0.5, 0.6) is 0 Å². The van der Waals surface area contributed by atoms with E-state index in [0.717, 1.165) is 5.56 Å². The molecule has 2 rings (SSSR count). The molecule has 0 heterocycles. The van der Waals surface area contributed by atoms with Crippen molar-refractivity contribution in [2.24, 2.45) is 0 Å². The minimum absolute atomic E-state index is 0.166. The molecule has 0 saturated heterocycles. The summed E-state index contributed by atoms with van der Waals surface area (Å²) in [5, 5.41) is 0.427. The molecule has 2 aromatic rings. The van der Waals surface area contributed by atoms with E-state index in [2.05, 4.69) is 20.7 Å². The van der Waals surface area contributed by atoms with E-state index < -0.39 is 10.0 Å². The van der Waals surface area contributed by atoms with Crippen LogP contribution >= 0.6 is 27.5 Å². The molecule has 112 valence electrons. The molecule has 0 aliphatic rings. The van der Waals surface area contributed by atoms with E-state index in [1.807, 2.05) is 6.92 Å². The van der Waals surface area contributed by atoms with Gasteiger partial charge in [0.05, 0.1) is 15.6 Å². The van der Waals surface area contributed by atoms with Crippen LogP contribution in [0, 0.1) is 13.8 Å². The number of rotatable bonds is 3. The fourth-order valence-corrected chi connectivity index (χ4v) is 3.73. The van der Waals surface area contributed by atoms with Crippen LogP contribution in [0.3, 0.4) is 0 Å². The quantitative estimate of drug-likeness (QED) is 0.776. The van der Waals surface area contributed by atoms with E-state index in [9.17, 15) is 8.42 Å². The number of hydrogen-bond acceptors (Lipinski definition) is 3. The lowest BCUT2D eigenvalue weighted by atomic mass is 10.1. The van der Waals surface area contributed by atoms with Crippen LogP contribution in [0.4, 0.5) is 11.4 Å². The zero-order chi connectivity index (χ0) is 15.8. The Bertz CT molecular complexity index is 807. The summed E-state index contributed by atoms with van der Waals surface area (Å²) in [5.41, 5.74) is 8.03. The first-order valence-corrected chi connectivity index (χ1v) is 8.71. The molecule has 0 aliphatic carbocycles. The monoisotopic (exact) mass is 388 g/mol. The van der Waals surface area contributed by atoms with Gasteiger partial charge in [0.25, 0.3) is 10.0 Å². The SMILES string of the molecule is Cc1cc(N)cc(S(=O)(=O)Nc2ccc(Br)c(Cl)c2)c1C. The third-order valence-electron chi connectivity index (χ3n) is 3.10. The van der Waals surface area contributed by atoms with Crippen molar-refractivity contribution in [3.63, 3.8) is 0 Å². The second kappa shape index (κ2) is 5.87. The van der Waals surface area contributed by atoms with Gasteiger partial charge < -0.3 is 5.73 Å². The van der Waals surface area contributed by atoms with Gasteiger partial charge in [-0.2, -0.15) is 0 Å². The molecule has 0 aliphatic heterocycles. The molecule has 0 spiro atoms. The summed E-state index contributed by atoms with van der Waals surface area (Å²) in [7, 11) is -3.72. The Morgan fingerprint density at radius 3 is 2.48 bits per heavy atom. The van der Waals surface area contributed by atoms with Gasteiger partial charge in [0.1, 0.15) is 0 Å². The highest BCUT2D eigenvalue weighted by atomic mass is 79.9. The van der Waals surface area contributed by atoms with Crippen LogP contribution in [0.1, 0.15) is 11.1 Å². The second-order valence-electron chi connectivity index (χ2n) is 4.70. The summed E-state index contributed by atoms with van der Waals surface area (Å²) < 4.78 is 28.2. The van der Waals surface area contributed by atoms with Crippen LogP contribution in [0.15, 0.2) is 39.7 Å². The van der Waals surface area contributed by atoms with Crippen molar-refractivity contribution in [2.45, 2.75) is 18.7 Å². The summed E-state index contributed by atoms with van der Waals surface area (Å²) >= 11 is 9.23. The van der Waals surface area contributed by atoms with Crippen molar-refractivity contribution in [2.75, 3.05) is 10.5 Å². The molecule has 0 bridgehead atoms. The molecule has 2 aromatic carbocycles. The Hall–Kier alpha value is -1.24. The Kier molecular flexibility index (Phi) is 4.51. The first-order valence-electron chi connectivity index (χ1n) is 6.05. The summed E-state index contributed by atoms with van der Waals surface area (Å²) in [4.78, 5) is 0.166. The minimum atomic E-state index is -3.72. The zero-order valence-corrected chi connectivity index (χ0v) is 14.6. The van der Waals surface area contributed by atoms with Crippen LogP contribution in [-0.4, -0.2) is 8.42 Å². The van der Waals surface area contributed by atoms with Gasteiger partial charge in [-0.05, 0) is 71.2 Å². The van der Waals surface area contributed by atoms with Crippen molar-refractivity contribution in [3.8, 4) is 0 Å². The number of benzene rings is 2.